The van der Waals surface area contributed by atoms with Crippen LogP contribution in [0.15, 0.2) is 18.5 Å². The molecule has 0 amide bonds. The Balaban J connectivity index is 2.47. The molecule has 0 aliphatic carbocycles. The Morgan fingerprint density at radius 3 is 3.00 bits per heavy atom. The summed E-state index contributed by atoms with van der Waals surface area (Å²) in [4.78, 5) is 3.77. The molecule has 1 aromatic heterocycles. The Bertz CT molecular complexity index is 281. The number of nitrogens with one attached hydrogen (secondary N) is 1. The van der Waals surface area contributed by atoms with E-state index in [1.165, 1.54) is 12.3 Å². The number of nitrogens with zero attached hydrogens (tertiary/aromatic N) is 1. The van der Waals surface area contributed by atoms with E-state index in [9.17, 15) is 4.39 Å². The predicted molar refractivity (Wildman–Crippen MR) is 52.3 cm³/mol. The van der Waals surface area contributed by atoms with E-state index in [1.54, 1.807) is 6.20 Å². The van der Waals surface area contributed by atoms with Crippen molar-refractivity contribution in [2.75, 3.05) is 13.2 Å². The first-order chi connectivity index (χ1) is 6.74. The summed E-state index contributed by atoms with van der Waals surface area (Å²) in [6.07, 6.45) is 3.52. The first kappa shape index (κ1) is 11.1. The topological polar surface area (TPSA) is 45.1 Å². The zero-order chi connectivity index (χ0) is 10.4. The maximum absolute atomic E-state index is 12.8. The molecule has 4 heteroatoms. The van der Waals surface area contributed by atoms with Crippen molar-refractivity contribution in [3.8, 4) is 0 Å². The number of aromatic nitrogens is 1. The summed E-state index contributed by atoms with van der Waals surface area (Å²) in [6.45, 7) is 2.82. The van der Waals surface area contributed by atoms with Gasteiger partial charge in [0.1, 0.15) is 5.82 Å². The molecular weight excluding hydrogens is 183 g/mol. The molecule has 78 valence electrons. The van der Waals surface area contributed by atoms with Crippen LogP contribution in [0.1, 0.15) is 24.9 Å². The van der Waals surface area contributed by atoms with Crippen LogP contribution in [0.25, 0.3) is 0 Å². The third kappa shape index (κ3) is 3.40. The van der Waals surface area contributed by atoms with Gasteiger partial charge in [0.25, 0.3) is 0 Å². The minimum absolute atomic E-state index is 0.0600. The van der Waals surface area contributed by atoms with Gasteiger partial charge in [0.2, 0.25) is 0 Å². The molecule has 14 heavy (non-hydrogen) atoms. The number of rotatable bonds is 5. The molecule has 0 bridgehead atoms. The van der Waals surface area contributed by atoms with E-state index in [-0.39, 0.29) is 18.5 Å². The van der Waals surface area contributed by atoms with Crippen LogP contribution in [0.4, 0.5) is 4.39 Å². The average Bonchev–Trinajstić information content (AvgIpc) is 2.18. The smallest absolute Gasteiger partial charge is 0.141 e. The minimum atomic E-state index is -0.321. The monoisotopic (exact) mass is 198 g/mol. The average molecular weight is 198 g/mol. The van der Waals surface area contributed by atoms with Gasteiger partial charge in [0, 0.05) is 18.8 Å². The SMILES string of the molecule is CC(NCCCO)c1cncc(F)c1. The second kappa shape index (κ2) is 5.67. The van der Waals surface area contributed by atoms with Gasteiger partial charge in [0.05, 0.1) is 6.20 Å². The first-order valence-electron chi connectivity index (χ1n) is 4.68. The normalized spacial score (nSPS) is 12.8. The maximum atomic E-state index is 12.8. The summed E-state index contributed by atoms with van der Waals surface area (Å²) < 4.78 is 12.8. The van der Waals surface area contributed by atoms with E-state index >= 15 is 0 Å². The molecule has 1 heterocycles. The Hall–Kier alpha value is -1.00. The number of aliphatic hydroxyl groups is 1. The van der Waals surface area contributed by atoms with Crippen LogP contribution in [0, 0.1) is 5.82 Å². The third-order valence-corrected chi connectivity index (χ3v) is 2.01. The van der Waals surface area contributed by atoms with Crippen molar-refractivity contribution < 1.29 is 9.50 Å². The van der Waals surface area contributed by atoms with Crippen molar-refractivity contribution in [3.05, 3.63) is 29.8 Å². The largest absolute Gasteiger partial charge is 0.396 e. The third-order valence-electron chi connectivity index (χ3n) is 2.01. The Kier molecular flexibility index (Phi) is 4.49. The van der Waals surface area contributed by atoms with Crippen molar-refractivity contribution in [1.29, 1.82) is 0 Å². The minimum Gasteiger partial charge on any atom is -0.396 e. The van der Waals surface area contributed by atoms with Gasteiger partial charge in [0.15, 0.2) is 0 Å². The van der Waals surface area contributed by atoms with E-state index in [0.717, 1.165) is 5.56 Å². The van der Waals surface area contributed by atoms with Gasteiger partial charge >= 0.3 is 0 Å². The van der Waals surface area contributed by atoms with Gasteiger partial charge in [-0.15, -0.1) is 0 Å². The molecule has 2 N–H and O–H groups in total. The lowest BCUT2D eigenvalue weighted by Gasteiger charge is -2.12. The summed E-state index contributed by atoms with van der Waals surface area (Å²) in [5.41, 5.74) is 0.822. The number of hydrogen-bond acceptors (Lipinski definition) is 3. The van der Waals surface area contributed by atoms with E-state index in [0.29, 0.717) is 13.0 Å². The Labute approximate surface area is 83.0 Å². The molecule has 0 aliphatic heterocycles. The van der Waals surface area contributed by atoms with E-state index in [2.05, 4.69) is 10.3 Å². The highest BCUT2D eigenvalue weighted by Crippen LogP contribution is 2.11. The van der Waals surface area contributed by atoms with E-state index < -0.39 is 0 Å². The zero-order valence-electron chi connectivity index (χ0n) is 8.20. The van der Waals surface area contributed by atoms with Crippen LogP contribution in [-0.4, -0.2) is 23.2 Å². The quantitative estimate of drug-likeness (QED) is 0.700. The lowest BCUT2D eigenvalue weighted by atomic mass is 10.1. The van der Waals surface area contributed by atoms with Gasteiger partial charge < -0.3 is 10.4 Å². The number of pyridine rings is 1. The molecule has 0 radical (unpaired) electrons. The second-order valence-electron chi connectivity index (χ2n) is 3.19. The molecular formula is C10H15FN2O. The molecule has 1 unspecified atom stereocenters. The standard InChI is InChI=1S/C10H15FN2O/c1-8(13-3-2-4-14)9-5-10(11)7-12-6-9/h5-8,13-14H,2-4H2,1H3. The highest BCUT2D eigenvalue weighted by atomic mass is 19.1. The Morgan fingerprint density at radius 1 is 1.57 bits per heavy atom. The summed E-state index contributed by atoms with van der Waals surface area (Å²) in [6, 6.07) is 1.52. The number of halogens is 1. The Morgan fingerprint density at radius 2 is 2.36 bits per heavy atom. The highest BCUT2D eigenvalue weighted by Gasteiger charge is 2.05. The maximum Gasteiger partial charge on any atom is 0.141 e. The lowest BCUT2D eigenvalue weighted by molar-refractivity contribution is 0.284. The molecule has 0 aromatic carbocycles. The van der Waals surface area contributed by atoms with Gasteiger partial charge in [-0.2, -0.15) is 0 Å². The summed E-state index contributed by atoms with van der Waals surface area (Å²) in [5.74, 6) is -0.321. The van der Waals surface area contributed by atoms with E-state index in [1.807, 2.05) is 6.92 Å². The molecule has 3 nitrogen and oxygen atoms in total. The van der Waals surface area contributed by atoms with Gasteiger partial charge in [-0.1, -0.05) is 0 Å². The van der Waals surface area contributed by atoms with Crippen LogP contribution in [0.2, 0.25) is 0 Å². The molecule has 1 atom stereocenters. The van der Waals surface area contributed by atoms with Crippen LogP contribution in [-0.2, 0) is 0 Å². The summed E-state index contributed by atoms with van der Waals surface area (Å²) in [7, 11) is 0. The number of aliphatic hydroxyl groups excluding tert-OH is 1. The predicted octanol–water partition coefficient (Wildman–Crippen LogP) is 1.25. The molecule has 0 fully saturated rings. The first-order valence-corrected chi connectivity index (χ1v) is 4.68. The molecule has 0 aliphatic rings. The molecule has 1 aromatic rings. The summed E-state index contributed by atoms with van der Waals surface area (Å²) in [5, 5.41) is 11.7. The van der Waals surface area contributed by atoms with Crippen LogP contribution in [0.3, 0.4) is 0 Å². The molecule has 0 spiro atoms. The fourth-order valence-electron chi connectivity index (χ4n) is 1.18. The zero-order valence-corrected chi connectivity index (χ0v) is 8.20. The molecule has 0 saturated carbocycles. The number of hydrogen-bond donors (Lipinski definition) is 2. The fraction of sp³-hybridized carbons (Fsp3) is 0.500. The van der Waals surface area contributed by atoms with E-state index in [4.69, 9.17) is 5.11 Å². The van der Waals surface area contributed by atoms with Crippen molar-refractivity contribution >= 4 is 0 Å². The van der Waals surface area contributed by atoms with Gasteiger partial charge in [-0.25, -0.2) is 4.39 Å². The second-order valence-corrected chi connectivity index (χ2v) is 3.19. The van der Waals surface area contributed by atoms with Gasteiger partial charge in [-0.3, -0.25) is 4.98 Å². The highest BCUT2D eigenvalue weighted by molar-refractivity contribution is 5.13. The van der Waals surface area contributed by atoms with Crippen molar-refractivity contribution in [2.24, 2.45) is 0 Å². The van der Waals surface area contributed by atoms with Crippen molar-refractivity contribution in [1.82, 2.24) is 10.3 Å². The summed E-state index contributed by atoms with van der Waals surface area (Å²) >= 11 is 0. The van der Waals surface area contributed by atoms with Crippen LogP contribution in [0.5, 0.6) is 0 Å². The van der Waals surface area contributed by atoms with Crippen molar-refractivity contribution in [3.63, 3.8) is 0 Å². The van der Waals surface area contributed by atoms with Crippen LogP contribution < -0.4 is 5.32 Å². The lowest BCUT2D eigenvalue weighted by Crippen LogP contribution is -2.20. The fourth-order valence-corrected chi connectivity index (χ4v) is 1.18. The van der Waals surface area contributed by atoms with Crippen molar-refractivity contribution in [2.45, 2.75) is 19.4 Å². The van der Waals surface area contributed by atoms with Gasteiger partial charge in [-0.05, 0) is 31.5 Å². The van der Waals surface area contributed by atoms with Crippen LogP contribution >= 0.6 is 0 Å². The molecule has 0 saturated heterocycles. The molecule has 1 rings (SSSR count).